The summed E-state index contributed by atoms with van der Waals surface area (Å²) < 4.78 is 29.5. The Bertz CT molecular complexity index is 1690. The van der Waals surface area contributed by atoms with Crippen LogP contribution in [0.25, 0.3) is 22.3 Å². The van der Waals surface area contributed by atoms with E-state index in [-0.39, 0.29) is 18.3 Å². The highest BCUT2D eigenvalue weighted by atomic mass is 35.5. The Labute approximate surface area is 229 Å². The van der Waals surface area contributed by atoms with Gasteiger partial charge >= 0.3 is 0 Å². The largest absolute Gasteiger partial charge is 0.473 e. The molecule has 0 aliphatic carbocycles. The van der Waals surface area contributed by atoms with Crippen molar-refractivity contribution in [1.29, 1.82) is 0 Å². The van der Waals surface area contributed by atoms with E-state index in [1.54, 1.807) is 47.2 Å². The molecule has 7 nitrogen and oxygen atoms in total. The molecule has 0 amide bonds. The Morgan fingerprint density at radius 2 is 1.95 bits per heavy atom. The normalized spacial score (nSPS) is 15.2. The molecule has 6 rings (SSSR count). The van der Waals surface area contributed by atoms with Crippen LogP contribution in [0.3, 0.4) is 0 Å². The lowest BCUT2D eigenvalue weighted by Gasteiger charge is -2.15. The molecule has 9 heteroatoms. The molecule has 0 radical (unpaired) electrons. The number of para-hydroxylation sites is 2. The van der Waals surface area contributed by atoms with Gasteiger partial charge in [-0.15, -0.1) is 0 Å². The van der Waals surface area contributed by atoms with Crippen LogP contribution in [-0.4, -0.2) is 31.8 Å². The highest BCUT2D eigenvalue weighted by Gasteiger charge is 2.20. The minimum Gasteiger partial charge on any atom is -0.473 e. The minimum absolute atomic E-state index is 0.00789. The van der Waals surface area contributed by atoms with Crippen molar-refractivity contribution in [3.05, 3.63) is 112 Å². The van der Waals surface area contributed by atoms with E-state index in [0.29, 0.717) is 40.8 Å². The first kappa shape index (κ1) is 25.3. The van der Waals surface area contributed by atoms with Crippen LogP contribution < -0.4 is 10.3 Å². The third kappa shape index (κ3) is 5.57. The van der Waals surface area contributed by atoms with E-state index in [9.17, 15) is 9.18 Å². The van der Waals surface area contributed by atoms with Gasteiger partial charge in [-0.2, -0.15) is 0 Å². The average Bonchev–Trinajstić information content (AvgIpc) is 3.58. The summed E-state index contributed by atoms with van der Waals surface area (Å²) in [4.78, 5) is 22.5. The summed E-state index contributed by atoms with van der Waals surface area (Å²) in [6.45, 7) is 1.84. The molecule has 2 aromatic carbocycles. The van der Waals surface area contributed by atoms with Gasteiger partial charge in [0.05, 0.1) is 35.9 Å². The number of nitrogens with zero attached hydrogens (tertiary/aromatic N) is 4. The fraction of sp³-hybridized carbons (Fsp3) is 0.233. The second-order valence-electron chi connectivity index (χ2n) is 9.53. The zero-order valence-electron chi connectivity index (χ0n) is 21.1. The Morgan fingerprint density at radius 3 is 2.77 bits per heavy atom. The van der Waals surface area contributed by atoms with Gasteiger partial charge in [-0.3, -0.25) is 4.79 Å². The van der Waals surface area contributed by atoms with Gasteiger partial charge in [0, 0.05) is 41.1 Å². The van der Waals surface area contributed by atoms with Gasteiger partial charge in [0.1, 0.15) is 18.2 Å². The first-order chi connectivity index (χ1) is 19.0. The van der Waals surface area contributed by atoms with Crippen LogP contribution in [0, 0.1) is 5.82 Å². The summed E-state index contributed by atoms with van der Waals surface area (Å²) in [5.74, 6) is 0.699. The number of hydrogen-bond donors (Lipinski definition) is 0. The third-order valence-corrected chi connectivity index (χ3v) is 7.10. The van der Waals surface area contributed by atoms with E-state index in [2.05, 4.69) is 15.6 Å². The predicted molar refractivity (Wildman–Crippen MR) is 147 cm³/mol. The second kappa shape index (κ2) is 11.0. The summed E-state index contributed by atoms with van der Waals surface area (Å²) in [5, 5.41) is 0.325. The number of aromatic nitrogens is 4. The van der Waals surface area contributed by atoms with Crippen molar-refractivity contribution in [3.63, 3.8) is 0 Å². The molecule has 0 saturated carbocycles. The highest BCUT2D eigenvalue weighted by Crippen LogP contribution is 2.23. The molecule has 0 N–H and O–H groups in total. The lowest BCUT2D eigenvalue weighted by molar-refractivity contribution is 0.0971. The monoisotopic (exact) mass is 544 g/mol. The van der Waals surface area contributed by atoms with Gasteiger partial charge in [-0.1, -0.05) is 35.9 Å². The average molecular weight is 545 g/mol. The topological polar surface area (TPSA) is 71.2 Å². The van der Waals surface area contributed by atoms with E-state index in [4.69, 9.17) is 26.1 Å². The van der Waals surface area contributed by atoms with Crippen molar-refractivity contribution in [1.82, 2.24) is 19.1 Å². The van der Waals surface area contributed by atoms with Crippen LogP contribution in [0.2, 0.25) is 5.02 Å². The molecule has 4 heterocycles. The van der Waals surface area contributed by atoms with Gasteiger partial charge < -0.3 is 18.6 Å². The molecule has 3 aromatic heterocycles. The number of hydrogen-bond acceptors (Lipinski definition) is 5. The van der Waals surface area contributed by atoms with Crippen LogP contribution in [0.15, 0.2) is 83.8 Å². The van der Waals surface area contributed by atoms with E-state index in [1.165, 1.54) is 6.07 Å². The molecule has 1 atom stereocenters. The van der Waals surface area contributed by atoms with Gasteiger partial charge in [0.25, 0.3) is 5.56 Å². The fourth-order valence-corrected chi connectivity index (χ4v) is 5.00. The maximum absolute atomic E-state index is 14.1. The minimum atomic E-state index is -0.438. The van der Waals surface area contributed by atoms with Gasteiger partial charge in [-0.05, 0) is 49.2 Å². The lowest BCUT2D eigenvalue weighted by Crippen LogP contribution is -2.23. The number of ether oxygens (including phenoxy) is 2. The number of imidazole rings is 1. The SMILES string of the molecule is O=c1cc(-c2cccc(OCc3ccc(Cl)cc3F)n2)ccn1Cc1nc2ccccc2n1CC1CCCO1. The Morgan fingerprint density at radius 1 is 1.05 bits per heavy atom. The molecule has 0 spiro atoms. The van der Waals surface area contributed by atoms with Crippen molar-refractivity contribution in [2.24, 2.45) is 0 Å². The lowest BCUT2D eigenvalue weighted by atomic mass is 10.2. The van der Waals surface area contributed by atoms with Crippen molar-refractivity contribution >= 4 is 22.6 Å². The number of benzene rings is 2. The number of rotatable bonds is 8. The summed E-state index contributed by atoms with van der Waals surface area (Å²) >= 11 is 5.82. The van der Waals surface area contributed by atoms with Gasteiger partial charge in [0.15, 0.2) is 0 Å². The molecule has 198 valence electrons. The maximum Gasteiger partial charge on any atom is 0.251 e. The molecule has 1 unspecified atom stereocenters. The third-order valence-electron chi connectivity index (χ3n) is 6.86. The van der Waals surface area contributed by atoms with Crippen LogP contribution in [-0.2, 0) is 24.4 Å². The fourth-order valence-electron chi connectivity index (χ4n) is 4.84. The molecule has 1 saturated heterocycles. The smallest absolute Gasteiger partial charge is 0.251 e. The molecule has 0 bridgehead atoms. The Hall–Kier alpha value is -4.01. The molecule has 1 fully saturated rings. The van der Waals surface area contributed by atoms with Gasteiger partial charge in [0.2, 0.25) is 5.88 Å². The maximum atomic E-state index is 14.1. The highest BCUT2D eigenvalue weighted by molar-refractivity contribution is 6.30. The van der Waals surface area contributed by atoms with Crippen LogP contribution >= 0.6 is 11.6 Å². The van der Waals surface area contributed by atoms with Gasteiger partial charge in [-0.25, -0.2) is 14.4 Å². The van der Waals surface area contributed by atoms with E-state index >= 15 is 0 Å². The zero-order chi connectivity index (χ0) is 26.8. The summed E-state index contributed by atoms with van der Waals surface area (Å²) in [7, 11) is 0. The van der Waals surface area contributed by atoms with Crippen molar-refractivity contribution in [2.75, 3.05) is 6.61 Å². The molecule has 1 aliphatic heterocycles. The van der Waals surface area contributed by atoms with Crippen LogP contribution in [0.5, 0.6) is 5.88 Å². The summed E-state index contributed by atoms with van der Waals surface area (Å²) in [5.41, 5.74) is 3.38. The van der Waals surface area contributed by atoms with Crippen LogP contribution in [0.4, 0.5) is 4.39 Å². The predicted octanol–water partition coefficient (Wildman–Crippen LogP) is 5.86. The Balaban J connectivity index is 1.22. The standard InChI is InChI=1S/C30H26ClFN4O3/c31-22-11-10-21(24(32)16-22)19-39-29-9-3-7-25(34-29)20-12-13-35(30(37)15-20)18-28-33-26-6-1-2-8-27(26)36(28)17-23-5-4-14-38-23/h1-3,6-13,15-16,23H,4-5,14,17-19H2. The quantitative estimate of drug-likeness (QED) is 0.245. The molecular formula is C30H26ClFN4O3. The zero-order valence-corrected chi connectivity index (χ0v) is 21.9. The Kier molecular flexibility index (Phi) is 7.13. The van der Waals surface area contributed by atoms with E-state index in [1.807, 2.05) is 24.3 Å². The second-order valence-corrected chi connectivity index (χ2v) is 9.97. The van der Waals surface area contributed by atoms with E-state index < -0.39 is 5.82 Å². The van der Waals surface area contributed by atoms with Crippen molar-refractivity contribution in [2.45, 2.75) is 38.6 Å². The van der Waals surface area contributed by atoms with E-state index in [0.717, 1.165) is 36.3 Å². The number of pyridine rings is 2. The summed E-state index contributed by atoms with van der Waals surface area (Å²) in [6, 6.07) is 21.1. The first-order valence-electron chi connectivity index (χ1n) is 12.8. The first-order valence-corrected chi connectivity index (χ1v) is 13.2. The molecule has 1 aliphatic rings. The van der Waals surface area contributed by atoms with Crippen LogP contribution in [0.1, 0.15) is 24.2 Å². The summed E-state index contributed by atoms with van der Waals surface area (Å²) in [6.07, 6.45) is 3.99. The molecule has 5 aromatic rings. The van der Waals surface area contributed by atoms with Crippen molar-refractivity contribution < 1.29 is 13.9 Å². The molecule has 39 heavy (non-hydrogen) atoms. The number of halogens is 2. The molecular weight excluding hydrogens is 519 g/mol. The van der Waals surface area contributed by atoms with Crippen molar-refractivity contribution in [3.8, 4) is 17.1 Å². The number of fused-ring (bicyclic) bond motifs is 1.